The zero-order chi connectivity index (χ0) is 10.8. The predicted octanol–water partition coefficient (Wildman–Crippen LogP) is 0.655. The highest BCUT2D eigenvalue weighted by Crippen LogP contribution is 2.21. The maximum Gasteiger partial charge on any atom is 0.317 e. The van der Waals surface area contributed by atoms with Crippen LogP contribution in [0.25, 0.3) is 0 Å². The van der Waals surface area contributed by atoms with E-state index in [0.717, 1.165) is 12.8 Å². The lowest BCUT2D eigenvalue weighted by molar-refractivity contribution is -0.143. The van der Waals surface area contributed by atoms with Gasteiger partial charge >= 0.3 is 12.0 Å². The van der Waals surface area contributed by atoms with E-state index in [9.17, 15) is 9.59 Å². The van der Waals surface area contributed by atoms with Gasteiger partial charge in [-0.15, -0.1) is 0 Å². The van der Waals surface area contributed by atoms with E-state index in [1.54, 1.807) is 4.90 Å². The number of nitrogens with one attached hydrogen (secondary N) is 1. The first-order valence-electron chi connectivity index (χ1n) is 5.45. The third kappa shape index (κ3) is 2.61. The van der Waals surface area contributed by atoms with Crippen molar-refractivity contribution in [3.05, 3.63) is 0 Å². The van der Waals surface area contributed by atoms with Gasteiger partial charge in [-0.25, -0.2) is 4.79 Å². The lowest BCUT2D eigenvalue weighted by Gasteiger charge is -2.30. The Labute approximate surface area is 88.4 Å². The van der Waals surface area contributed by atoms with Crippen molar-refractivity contribution in [1.82, 2.24) is 10.2 Å². The van der Waals surface area contributed by atoms with Crippen LogP contribution in [0.4, 0.5) is 4.79 Å². The van der Waals surface area contributed by atoms with Crippen molar-refractivity contribution >= 4 is 12.0 Å². The van der Waals surface area contributed by atoms with Gasteiger partial charge in [0.15, 0.2) is 0 Å². The molecule has 1 aliphatic carbocycles. The summed E-state index contributed by atoms with van der Waals surface area (Å²) in [5, 5.41) is 11.7. The van der Waals surface area contributed by atoms with E-state index >= 15 is 0 Å². The minimum atomic E-state index is -0.739. The Morgan fingerprint density at radius 1 is 1.13 bits per heavy atom. The first-order valence-corrected chi connectivity index (χ1v) is 5.45. The van der Waals surface area contributed by atoms with Crippen molar-refractivity contribution in [2.45, 2.75) is 31.7 Å². The van der Waals surface area contributed by atoms with E-state index in [-0.39, 0.29) is 11.9 Å². The quantitative estimate of drug-likeness (QED) is 0.706. The zero-order valence-corrected chi connectivity index (χ0v) is 8.61. The maximum absolute atomic E-state index is 11.6. The largest absolute Gasteiger partial charge is 0.481 e. The molecule has 84 valence electrons. The number of carbonyl (C=O) groups is 2. The van der Waals surface area contributed by atoms with Gasteiger partial charge < -0.3 is 15.3 Å². The molecule has 2 amide bonds. The van der Waals surface area contributed by atoms with Gasteiger partial charge in [-0.2, -0.15) is 0 Å². The van der Waals surface area contributed by atoms with Gasteiger partial charge in [-0.05, 0) is 25.7 Å². The van der Waals surface area contributed by atoms with Gasteiger partial charge in [0.1, 0.15) is 0 Å². The molecule has 5 nitrogen and oxygen atoms in total. The minimum Gasteiger partial charge on any atom is -0.481 e. The summed E-state index contributed by atoms with van der Waals surface area (Å²) in [4.78, 5) is 24.0. The van der Waals surface area contributed by atoms with Gasteiger partial charge in [0, 0.05) is 19.1 Å². The number of likely N-dealkylation sites (tertiary alicyclic amines) is 1. The summed E-state index contributed by atoms with van der Waals surface area (Å²) in [7, 11) is 0. The third-order valence-corrected chi connectivity index (χ3v) is 3.04. The molecule has 0 aromatic carbocycles. The number of carboxylic acid groups (broad SMARTS) is 1. The minimum absolute atomic E-state index is 0.0265. The van der Waals surface area contributed by atoms with Gasteiger partial charge in [0.2, 0.25) is 0 Å². The van der Waals surface area contributed by atoms with Crippen LogP contribution in [0, 0.1) is 5.92 Å². The summed E-state index contributed by atoms with van der Waals surface area (Å²) in [6, 6.07) is 0.344. The van der Waals surface area contributed by atoms with Crippen LogP contribution in [0.1, 0.15) is 25.7 Å². The molecular weight excluding hydrogens is 196 g/mol. The average Bonchev–Trinajstić information content (AvgIpc) is 3.02. The van der Waals surface area contributed by atoms with Crippen LogP contribution in [-0.4, -0.2) is 41.1 Å². The van der Waals surface area contributed by atoms with E-state index in [1.807, 2.05) is 0 Å². The number of hydrogen-bond acceptors (Lipinski definition) is 2. The van der Waals surface area contributed by atoms with Crippen LogP contribution in [-0.2, 0) is 4.79 Å². The first kappa shape index (κ1) is 10.3. The molecule has 0 aromatic heterocycles. The monoisotopic (exact) mass is 212 g/mol. The fraction of sp³-hybridized carbons (Fsp3) is 0.800. The number of amides is 2. The highest BCUT2D eigenvalue weighted by Gasteiger charge is 2.30. The lowest BCUT2D eigenvalue weighted by atomic mass is 9.97. The Bertz CT molecular complexity index is 268. The van der Waals surface area contributed by atoms with Gasteiger partial charge in [-0.1, -0.05) is 0 Å². The van der Waals surface area contributed by atoms with Gasteiger partial charge in [0.25, 0.3) is 0 Å². The van der Waals surface area contributed by atoms with E-state index in [0.29, 0.717) is 32.0 Å². The Morgan fingerprint density at radius 2 is 1.73 bits per heavy atom. The molecule has 0 bridgehead atoms. The number of aliphatic carboxylic acids is 1. The van der Waals surface area contributed by atoms with E-state index in [1.165, 1.54) is 0 Å². The van der Waals surface area contributed by atoms with Crippen molar-refractivity contribution < 1.29 is 14.7 Å². The standard InChI is InChI=1S/C10H16N2O3/c13-9(14)7-3-5-12(6-4-7)10(15)11-8-1-2-8/h7-8H,1-6H2,(H,11,15)(H,13,14). The number of urea groups is 1. The number of rotatable bonds is 2. The number of nitrogens with zero attached hydrogens (tertiary/aromatic N) is 1. The van der Waals surface area contributed by atoms with Crippen LogP contribution < -0.4 is 5.32 Å². The predicted molar refractivity (Wildman–Crippen MR) is 53.5 cm³/mol. The molecule has 0 unspecified atom stereocenters. The van der Waals surface area contributed by atoms with Crippen molar-refractivity contribution in [3.63, 3.8) is 0 Å². The van der Waals surface area contributed by atoms with Gasteiger partial charge in [0.05, 0.1) is 5.92 Å². The van der Waals surface area contributed by atoms with Crippen LogP contribution in [0.15, 0.2) is 0 Å². The first-order chi connectivity index (χ1) is 7.16. The smallest absolute Gasteiger partial charge is 0.317 e. The van der Waals surface area contributed by atoms with Crippen molar-refractivity contribution in [2.24, 2.45) is 5.92 Å². The number of hydrogen-bond donors (Lipinski definition) is 2. The molecule has 1 saturated heterocycles. The summed E-state index contributed by atoms with van der Waals surface area (Å²) in [5.41, 5.74) is 0. The molecule has 0 spiro atoms. The summed E-state index contributed by atoms with van der Waals surface area (Å²) in [5.74, 6) is -1.01. The molecule has 1 saturated carbocycles. The van der Waals surface area contributed by atoms with Crippen molar-refractivity contribution in [2.75, 3.05) is 13.1 Å². The topological polar surface area (TPSA) is 69.6 Å². The van der Waals surface area contributed by atoms with E-state index < -0.39 is 5.97 Å². The molecule has 0 aromatic rings. The SMILES string of the molecule is O=C(O)C1CCN(C(=O)NC2CC2)CC1. The van der Waals surface area contributed by atoms with Gasteiger partial charge in [-0.3, -0.25) is 4.79 Å². The Morgan fingerprint density at radius 3 is 2.20 bits per heavy atom. The lowest BCUT2D eigenvalue weighted by Crippen LogP contribution is -2.46. The zero-order valence-electron chi connectivity index (χ0n) is 8.61. The van der Waals surface area contributed by atoms with Crippen LogP contribution in [0.5, 0.6) is 0 Å². The average molecular weight is 212 g/mol. The molecule has 15 heavy (non-hydrogen) atoms. The Balaban J connectivity index is 1.76. The fourth-order valence-electron chi connectivity index (χ4n) is 1.82. The molecule has 0 atom stereocenters. The molecule has 0 radical (unpaired) electrons. The third-order valence-electron chi connectivity index (χ3n) is 3.04. The van der Waals surface area contributed by atoms with Crippen LogP contribution >= 0.6 is 0 Å². The number of carbonyl (C=O) groups excluding carboxylic acids is 1. The molecule has 1 aliphatic heterocycles. The molecular formula is C10H16N2O3. The summed E-state index contributed by atoms with van der Waals surface area (Å²) < 4.78 is 0. The van der Waals surface area contributed by atoms with Crippen molar-refractivity contribution in [3.8, 4) is 0 Å². The van der Waals surface area contributed by atoms with Crippen LogP contribution in [0.3, 0.4) is 0 Å². The second-order valence-corrected chi connectivity index (χ2v) is 4.32. The highest BCUT2D eigenvalue weighted by molar-refractivity contribution is 5.76. The highest BCUT2D eigenvalue weighted by atomic mass is 16.4. The Hall–Kier alpha value is -1.26. The normalized spacial score (nSPS) is 22.5. The summed E-state index contributed by atoms with van der Waals surface area (Å²) >= 11 is 0. The molecule has 1 heterocycles. The molecule has 2 N–H and O–H groups in total. The number of piperidine rings is 1. The fourth-order valence-corrected chi connectivity index (χ4v) is 1.82. The summed E-state index contributed by atoms with van der Waals surface area (Å²) in [6.07, 6.45) is 3.31. The maximum atomic E-state index is 11.6. The van der Waals surface area contributed by atoms with Crippen LogP contribution in [0.2, 0.25) is 0 Å². The molecule has 2 aliphatic rings. The molecule has 2 fully saturated rings. The molecule has 2 rings (SSSR count). The van der Waals surface area contributed by atoms with Crippen molar-refractivity contribution in [1.29, 1.82) is 0 Å². The molecule has 5 heteroatoms. The summed E-state index contributed by atoms with van der Waals surface area (Å²) in [6.45, 7) is 1.13. The second kappa shape index (κ2) is 4.08. The number of carboxylic acids is 1. The van der Waals surface area contributed by atoms with E-state index in [4.69, 9.17) is 5.11 Å². The van der Waals surface area contributed by atoms with E-state index in [2.05, 4.69) is 5.32 Å². The second-order valence-electron chi connectivity index (χ2n) is 4.32. The Kier molecular flexibility index (Phi) is 2.79.